The summed E-state index contributed by atoms with van der Waals surface area (Å²) in [4.78, 5) is 5.32. The van der Waals surface area contributed by atoms with Gasteiger partial charge in [0.2, 0.25) is 0 Å². The number of hydrogen-bond donors (Lipinski definition) is 0. The molecule has 1 aliphatic carbocycles. The Hall–Kier alpha value is -6.32. The molecule has 2 nitrogen and oxygen atoms in total. The van der Waals surface area contributed by atoms with Crippen LogP contribution in [0.2, 0.25) is 0 Å². The van der Waals surface area contributed by atoms with Crippen LogP contribution < -0.4 is 26.2 Å². The Balaban J connectivity index is 1.26. The molecule has 0 aromatic heterocycles. The Kier molecular flexibility index (Phi) is 6.84. The predicted octanol–water partition coefficient (Wildman–Crippen LogP) is 12.4. The van der Waals surface area contributed by atoms with Gasteiger partial charge in [-0.05, 0) is 98.7 Å². The lowest BCUT2D eigenvalue weighted by Crippen LogP contribution is -2.61. The van der Waals surface area contributed by atoms with Crippen LogP contribution in [0, 0.1) is 0 Å². The molecule has 55 heavy (non-hydrogen) atoms. The average molecular weight is 703 g/mol. The zero-order valence-corrected chi connectivity index (χ0v) is 30.8. The quantitative estimate of drug-likeness (QED) is 0.134. The number of para-hydroxylation sites is 2. The number of anilines is 6. The summed E-state index contributed by atoms with van der Waals surface area (Å²) >= 11 is 0. The zero-order valence-electron chi connectivity index (χ0n) is 30.8. The Morgan fingerprint density at radius 2 is 0.764 bits per heavy atom. The van der Waals surface area contributed by atoms with Crippen LogP contribution in [-0.2, 0) is 0 Å². The van der Waals surface area contributed by atoms with Gasteiger partial charge < -0.3 is 9.80 Å². The number of hydrogen-bond acceptors (Lipinski definition) is 2. The lowest BCUT2D eigenvalue weighted by Gasteiger charge is -2.45. The Morgan fingerprint density at radius 1 is 0.382 bits per heavy atom. The molecule has 0 saturated heterocycles. The summed E-state index contributed by atoms with van der Waals surface area (Å²) in [6.45, 7) is 0.0905. The standard InChI is InChI=1S/C52H39BN2/c1-2-16-34(17-3-1)39-32-48-50-49(33-39)55(52-42-24-10-6-20-37(42)31-38-21-7-11-25-43(38)52)47-29-15-13-27-45(47)53(50)44-26-12-14-28-46(44)54(48)51-40-22-8-4-18-35(40)30-36-19-5-9-23-41(36)51/h4-15,18-34H,1-3,16-17H2. The predicted molar refractivity (Wildman–Crippen MR) is 236 cm³/mol. The molecular formula is C52H39BN2. The van der Waals surface area contributed by atoms with E-state index in [0.717, 1.165) is 0 Å². The normalized spacial score (nSPS) is 15.1. The fourth-order valence-electron chi connectivity index (χ4n) is 10.5. The van der Waals surface area contributed by atoms with Crippen molar-refractivity contribution in [2.75, 3.05) is 9.80 Å². The van der Waals surface area contributed by atoms with Crippen molar-refractivity contribution in [3.63, 3.8) is 0 Å². The molecular weight excluding hydrogens is 663 g/mol. The van der Waals surface area contributed by atoms with Gasteiger partial charge >= 0.3 is 0 Å². The minimum atomic E-state index is 0.0905. The van der Waals surface area contributed by atoms with Crippen molar-refractivity contribution in [1.82, 2.24) is 0 Å². The Bertz CT molecular complexity index is 2710. The third-order valence-corrected chi connectivity index (χ3v) is 12.9. The first-order valence-corrected chi connectivity index (χ1v) is 20.1. The second kappa shape index (κ2) is 12.1. The Labute approximate surface area is 322 Å². The second-order valence-electron chi connectivity index (χ2n) is 15.9. The highest BCUT2D eigenvalue weighted by Crippen LogP contribution is 2.51. The van der Waals surface area contributed by atoms with E-state index in [4.69, 9.17) is 0 Å². The molecule has 2 heterocycles. The van der Waals surface area contributed by atoms with E-state index in [1.807, 2.05) is 0 Å². The van der Waals surface area contributed by atoms with E-state index in [-0.39, 0.29) is 6.71 Å². The topological polar surface area (TPSA) is 6.48 Å². The first kappa shape index (κ1) is 31.1. The van der Waals surface area contributed by atoms with E-state index in [1.165, 1.54) is 131 Å². The van der Waals surface area contributed by atoms with Crippen molar-refractivity contribution in [1.29, 1.82) is 0 Å². The van der Waals surface area contributed by atoms with Crippen LogP contribution in [0.25, 0.3) is 43.1 Å². The van der Waals surface area contributed by atoms with Gasteiger partial charge in [0.05, 0.1) is 11.4 Å². The van der Waals surface area contributed by atoms with Gasteiger partial charge in [0.1, 0.15) is 0 Å². The summed E-state index contributed by atoms with van der Waals surface area (Å²) < 4.78 is 0. The fourth-order valence-corrected chi connectivity index (χ4v) is 10.5. The van der Waals surface area contributed by atoms with E-state index < -0.39 is 0 Å². The summed E-state index contributed by atoms with van der Waals surface area (Å²) in [6, 6.07) is 64.4. The third kappa shape index (κ3) is 4.56. The van der Waals surface area contributed by atoms with Crippen molar-refractivity contribution in [2.24, 2.45) is 0 Å². The van der Waals surface area contributed by atoms with Gasteiger partial charge in [-0.15, -0.1) is 0 Å². The van der Waals surface area contributed by atoms with Crippen molar-refractivity contribution in [2.45, 2.75) is 38.0 Å². The molecule has 9 aromatic rings. The van der Waals surface area contributed by atoms with Crippen LogP contribution >= 0.6 is 0 Å². The maximum Gasteiger partial charge on any atom is 0.252 e. The van der Waals surface area contributed by atoms with Crippen LogP contribution in [-0.4, -0.2) is 6.71 Å². The van der Waals surface area contributed by atoms with E-state index in [0.29, 0.717) is 5.92 Å². The average Bonchev–Trinajstić information content (AvgIpc) is 3.25. The van der Waals surface area contributed by atoms with Crippen LogP contribution in [0.4, 0.5) is 34.1 Å². The van der Waals surface area contributed by atoms with Gasteiger partial charge in [0.15, 0.2) is 0 Å². The smallest absolute Gasteiger partial charge is 0.252 e. The SMILES string of the molecule is c1ccc2c(c1)B1c3ccccc3N(c3c4ccccc4cc4ccccc34)c3cc(C4CCCCC4)cc(c31)N2c1c2ccccc2cc2ccccc12. The van der Waals surface area contributed by atoms with Gasteiger partial charge in [0, 0.05) is 44.3 Å². The molecule has 2 aliphatic heterocycles. The molecule has 0 unspecified atom stereocenters. The third-order valence-electron chi connectivity index (χ3n) is 12.9. The molecule has 3 aliphatic rings. The summed E-state index contributed by atoms with van der Waals surface area (Å²) in [5.41, 5.74) is 13.3. The minimum Gasteiger partial charge on any atom is -0.310 e. The first-order chi connectivity index (χ1) is 27.3. The van der Waals surface area contributed by atoms with Gasteiger partial charge in [-0.25, -0.2) is 0 Å². The maximum atomic E-state index is 2.66. The number of rotatable bonds is 3. The molecule has 0 N–H and O–H groups in total. The van der Waals surface area contributed by atoms with Crippen LogP contribution in [0.3, 0.4) is 0 Å². The second-order valence-corrected chi connectivity index (χ2v) is 15.9. The van der Waals surface area contributed by atoms with Crippen LogP contribution in [0.5, 0.6) is 0 Å². The molecule has 0 spiro atoms. The van der Waals surface area contributed by atoms with E-state index in [1.54, 1.807) is 0 Å². The molecule has 1 fully saturated rings. The van der Waals surface area contributed by atoms with E-state index in [2.05, 4.69) is 180 Å². The summed E-state index contributed by atoms with van der Waals surface area (Å²) in [7, 11) is 0. The van der Waals surface area contributed by atoms with E-state index in [9.17, 15) is 0 Å². The molecule has 260 valence electrons. The van der Waals surface area contributed by atoms with Crippen LogP contribution in [0.1, 0.15) is 43.6 Å². The van der Waals surface area contributed by atoms with Crippen LogP contribution in [0.15, 0.2) is 170 Å². The van der Waals surface area contributed by atoms with Crippen molar-refractivity contribution >= 4 is 100 Å². The Morgan fingerprint density at radius 3 is 1.20 bits per heavy atom. The number of benzene rings is 9. The number of nitrogens with zero attached hydrogens (tertiary/aromatic N) is 2. The highest BCUT2D eigenvalue weighted by molar-refractivity contribution is 7.00. The number of fused-ring (bicyclic) bond motifs is 8. The summed E-state index contributed by atoms with van der Waals surface area (Å²) in [6.07, 6.45) is 6.40. The maximum absolute atomic E-state index is 2.66. The highest BCUT2D eigenvalue weighted by atomic mass is 15.2. The van der Waals surface area contributed by atoms with Crippen molar-refractivity contribution < 1.29 is 0 Å². The molecule has 0 bridgehead atoms. The molecule has 0 radical (unpaired) electrons. The minimum absolute atomic E-state index is 0.0905. The molecule has 12 rings (SSSR count). The van der Waals surface area contributed by atoms with E-state index >= 15 is 0 Å². The molecule has 1 saturated carbocycles. The summed E-state index contributed by atoms with van der Waals surface area (Å²) in [5, 5.41) is 10.2. The largest absolute Gasteiger partial charge is 0.310 e. The molecule has 9 aromatic carbocycles. The van der Waals surface area contributed by atoms with Gasteiger partial charge in [0.25, 0.3) is 6.71 Å². The van der Waals surface area contributed by atoms with Crippen molar-refractivity contribution in [3.05, 3.63) is 175 Å². The lowest BCUT2D eigenvalue weighted by molar-refractivity contribution is 0.444. The van der Waals surface area contributed by atoms with Gasteiger partial charge in [-0.2, -0.15) is 0 Å². The molecule has 3 heteroatoms. The first-order valence-electron chi connectivity index (χ1n) is 20.1. The molecule has 0 amide bonds. The monoisotopic (exact) mass is 702 g/mol. The van der Waals surface area contributed by atoms with Crippen molar-refractivity contribution in [3.8, 4) is 0 Å². The zero-order chi connectivity index (χ0) is 36.0. The van der Waals surface area contributed by atoms with Gasteiger partial charge in [-0.3, -0.25) is 0 Å². The highest BCUT2D eigenvalue weighted by Gasteiger charge is 2.44. The lowest BCUT2D eigenvalue weighted by atomic mass is 9.33. The molecule has 0 atom stereocenters. The van der Waals surface area contributed by atoms with Gasteiger partial charge in [-0.1, -0.05) is 153 Å². The fraction of sp³-hybridized carbons (Fsp3) is 0.115. The summed E-state index contributed by atoms with van der Waals surface area (Å²) in [5.74, 6) is 0.528.